The highest BCUT2D eigenvalue weighted by atomic mass is 16.4. The van der Waals surface area contributed by atoms with E-state index < -0.39 is 5.97 Å². The first-order chi connectivity index (χ1) is 7.79. The summed E-state index contributed by atoms with van der Waals surface area (Å²) >= 11 is 0. The molecule has 0 aromatic carbocycles. The number of hydrogen-bond acceptors (Lipinski definition) is 2. The van der Waals surface area contributed by atoms with Crippen molar-refractivity contribution in [2.45, 2.75) is 57.8 Å². The maximum absolute atomic E-state index is 10.7. The number of carboxylic acid groups (broad SMARTS) is 1. The van der Waals surface area contributed by atoms with Gasteiger partial charge in [-0.3, -0.25) is 4.79 Å². The van der Waals surface area contributed by atoms with Crippen LogP contribution in [0.1, 0.15) is 57.8 Å². The lowest BCUT2D eigenvalue weighted by molar-refractivity contribution is -0.138. The minimum atomic E-state index is -0.642. The number of hydrogen-bond donors (Lipinski definition) is 2. The molecule has 2 N–H and O–H groups in total. The molecule has 94 valence electrons. The Morgan fingerprint density at radius 3 is 2.44 bits per heavy atom. The van der Waals surface area contributed by atoms with Crippen molar-refractivity contribution < 1.29 is 9.90 Å². The van der Waals surface area contributed by atoms with Gasteiger partial charge in [-0.05, 0) is 38.3 Å². The quantitative estimate of drug-likeness (QED) is 0.762. The second-order valence-corrected chi connectivity index (χ2v) is 4.91. The molecule has 0 aromatic rings. The van der Waals surface area contributed by atoms with Crippen LogP contribution in [0.25, 0.3) is 0 Å². The molecule has 1 fully saturated rings. The molecule has 0 saturated carbocycles. The number of rotatable bonds is 2. The summed E-state index contributed by atoms with van der Waals surface area (Å²) in [5.41, 5.74) is 0. The molecule has 0 amide bonds. The van der Waals surface area contributed by atoms with Crippen LogP contribution in [0.4, 0.5) is 0 Å². The van der Waals surface area contributed by atoms with Crippen LogP contribution < -0.4 is 5.32 Å². The number of aliphatic carboxylic acids is 1. The summed E-state index contributed by atoms with van der Waals surface area (Å²) in [5, 5.41) is 12.2. The highest BCUT2D eigenvalue weighted by Crippen LogP contribution is 2.18. The fraction of sp³-hybridized carbons (Fsp3) is 0.923. The SMILES string of the molecule is O=C(O)CC1CCCCCCCCNCC1. The largest absolute Gasteiger partial charge is 0.481 e. The summed E-state index contributed by atoms with van der Waals surface area (Å²) in [5.74, 6) is -0.262. The van der Waals surface area contributed by atoms with E-state index in [2.05, 4.69) is 5.32 Å². The third-order valence-corrected chi connectivity index (χ3v) is 3.41. The number of carbonyl (C=O) groups is 1. The molecule has 0 bridgehead atoms. The first kappa shape index (κ1) is 13.5. The van der Waals surface area contributed by atoms with Crippen molar-refractivity contribution in [2.75, 3.05) is 13.1 Å². The van der Waals surface area contributed by atoms with Gasteiger partial charge in [0.1, 0.15) is 0 Å². The fourth-order valence-corrected chi connectivity index (χ4v) is 2.42. The molecule has 1 heterocycles. The van der Waals surface area contributed by atoms with E-state index >= 15 is 0 Å². The Bertz CT molecular complexity index is 182. The third kappa shape index (κ3) is 6.83. The van der Waals surface area contributed by atoms with Gasteiger partial charge in [0.25, 0.3) is 0 Å². The van der Waals surface area contributed by atoms with Crippen molar-refractivity contribution in [3.8, 4) is 0 Å². The van der Waals surface area contributed by atoms with Crippen LogP contribution in [0.5, 0.6) is 0 Å². The van der Waals surface area contributed by atoms with Gasteiger partial charge >= 0.3 is 5.97 Å². The molecule has 16 heavy (non-hydrogen) atoms. The Hall–Kier alpha value is -0.570. The van der Waals surface area contributed by atoms with Gasteiger partial charge < -0.3 is 10.4 Å². The van der Waals surface area contributed by atoms with Gasteiger partial charge in [-0.15, -0.1) is 0 Å². The predicted octanol–water partition coefficient (Wildman–Crippen LogP) is 2.80. The highest BCUT2D eigenvalue weighted by molar-refractivity contribution is 5.66. The maximum atomic E-state index is 10.7. The summed E-state index contributed by atoms with van der Waals surface area (Å²) in [6.45, 7) is 2.08. The molecule has 1 saturated heterocycles. The molecule has 0 aromatic heterocycles. The Balaban J connectivity index is 2.27. The van der Waals surface area contributed by atoms with Gasteiger partial charge in [-0.2, -0.15) is 0 Å². The number of nitrogens with one attached hydrogen (secondary N) is 1. The van der Waals surface area contributed by atoms with Crippen molar-refractivity contribution in [3.05, 3.63) is 0 Å². The van der Waals surface area contributed by atoms with E-state index in [1.54, 1.807) is 0 Å². The normalized spacial score (nSPS) is 25.4. The zero-order valence-electron chi connectivity index (χ0n) is 10.2. The monoisotopic (exact) mass is 227 g/mol. The smallest absolute Gasteiger partial charge is 0.303 e. The lowest BCUT2D eigenvalue weighted by Crippen LogP contribution is -2.21. The second kappa shape index (κ2) is 8.57. The molecular weight excluding hydrogens is 202 g/mol. The zero-order chi connectivity index (χ0) is 11.6. The van der Waals surface area contributed by atoms with Crippen LogP contribution in [-0.2, 0) is 4.79 Å². The topological polar surface area (TPSA) is 49.3 Å². The molecule has 1 unspecified atom stereocenters. The van der Waals surface area contributed by atoms with Gasteiger partial charge in [0.2, 0.25) is 0 Å². The van der Waals surface area contributed by atoms with E-state index in [1.807, 2.05) is 0 Å². The van der Waals surface area contributed by atoms with Gasteiger partial charge in [0.05, 0.1) is 0 Å². The van der Waals surface area contributed by atoms with Gasteiger partial charge in [-0.1, -0.05) is 32.1 Å². The Morgan fingerprint density at radius 1 is 1.00 bits per heavy atom. The summed E-state index contributed by atoms with van der Waals surface area (Å²) in [4.78, 5) is 10.7. The van der Waals surface area contributed by atoms with Crippen LogP contribution in [-0.4, -0.2) is 24.2 Å². The minimum absolute atomic E-state index is 0.349. The molecular formula is C13H25NO2. The standard InChI is InChI=1S/C13H25NO2/c15-13(16)11-12-7-5-3-1-2-4-6-9-14-10-8-12/h12,14H,1-11H2,(H,15,16). The van der Waals surface area contributed by atoms with Gasteiger partial charge in [0, 0.05) is 6.42 Å². The molecule has 1 aliphatic heterocycles. The van der Waals surface area contributed by atoms with E-state index in [1.165, 1.54) is 38.5 Å². The second-order valence-electron chi connectivity index (χ2n) is 4.91. The number of carboxylic acids is 1. The average Bonchev–Trinajstić information content (AvgIpc) is 2.21. The lowest BCUT2D eigenvalue weighted by Gasteiger charge is -2.16. The third-order valence-electron chi connectivity index (χ3n) is 3.41. The van der Waals surface area contributed by atoms with Crippen molar-refractivity contribution in [3.63, 3.8) is 0 Å². The van der Waals surface area contributed by atoms with Crippen LogP contribution in [0, 0.1) is 5.92 Å². The van der Waals surface area contributed by atoms with Crippen molar-refractivity contribution >= 4 is 5.97 Å². The van der Waals surface area contributed by atoms with E-state index in [4.69, 9.17) is 5.11 Å². The maximum Gasteiger partial charge on any atom is 0.303 e. The van der Waals surface area contributed by atoms with E-state index in [-0.39, 0.29) is 0 Å². The zero-order valence-corrected chi connectivity index (χ0v) is 10.2. The summed E-state index contributed by atoms with van der Waals surface area (Å²) in [7, 11) is 0. The minimum Gasteiger partial charge on any atom is -0.481 e. The van der Waals surface area contributed by atoms with E-state index in [9.17, 15) is 4.79 Å². The molecule has 0 aliphatic carbocycles. The Kier molecular flexibility index (Phi) is 7.23. The summed E-state index contributed by atoms with van der Waals surface area (Å²) in [6.07, 6.45) is 10.2. The van der Waals surface area contributed by atoms with Crippen molar-refractivity contribution in [1.82, 2.24) is 5.32 Å². The molecule has 3 heteroatoms. The van der Waals surface area contributed by atoms with Crippen LogP contribution in [0.2, 0.25) is 0 Å². The van der Waals surface area contributed by atoms with Crippen molar-refractivity contribution in [1.29, 1.82) is 0 Å². The van der Waals surface area contributed by atoms with Crippen LogP contribution >= 0.6 is 0 Å². The molecule has 1 rings (SSSR count). The van der Waals surface area contributed by atoms with E-state index in [0.717, 1.165) is 25.9 Å². The van der Waals surface area contributed by atoms with Crippen LogP contribution in [0.3, 0.4) is 0 Å². The molecule has 3 nitrogen and oxygen atoms in total. The summed E-state index contributed by atoms with van der Waals surface area (Å²) in [6, 6.07) is 0. The molecule has 0 spiro atoms. The Labute approximate surface area is 98.6 Å². The first-order valence-electron chi connectivity index (χ1n) is 6.71. The average molecular weight is 227 g/mol. The predicted molar refractivity (Wildman–Crippen MR) is 65.5 cm³/mol. The van der Waals surface area contributed by atoms with E-state index in [0.29, 0.717) is 12.3 Å². The Morgan fingerprint density at radius 2 is 1.69 bits per heavy atom. The summed E-state index contributed by atoms with van der Waals surface area (Å²) < 4.78 is 0. The lowest BCUT2D eigenvalue weighted by atomic mass is 9.93. The first-order valence-corrected chi connectivity index (χ1v) is 6.71. The van der Waals surface area contributed by atoms with Gasteiger partial charge in [-0.25, -0.2) is 0 Å². The highest BCUT2D eigenvalue weighted by Gasteiger charge is 2.12. The fourth-order valence-electron chi connectivity index (χ4n) is 2.42. The molecule has 1 aliphatic rings. The molecule has 1 atom stereocenters. The van der Waals surface area contributed by atoms with Crippen LogP contribution in [0.15, 0.2) is 0 Å². The van der Waals surface area contributed by atoms with Crippen molar-refractivity contribution in [2.24, 2.45) is 5.92 Å². The molecule has 0 radical (unpaired) electrons. The van der Waals surface area contributed by atoms with Gasteiger partial charge in [0.15, 0.2) is 0 Å².